The first-order valence-electron chi connectivity index (χ1n) is 11.4. The molecule has 2 aromatic heterocycles. The number of carbonyl (C=O) groups excluding carboxylic acids is 1. The van der Waals surface area contributed by atoms with E-state index in [0.29, 0.717) is 21.9 Å². The molecule has 6 nitrogen and oxygen atoms in total. The Balaban J connectivity index is 2.21. The van der Waals surface area contributed by atoms with Crippen LogP contribution in [0.4, 0.5) is 17.6 Å². The molecule has 0 spiro atoms. The molecule has 0 unspecified atom stereocenters. The number of aryl methyl sites for hydroxylation is 1. The minimum absolute atomic E-state index is 0.0567. The number of halogens is 4. The van der Waals surface area contributed by atoms with E-state index in [1.807, 2.05) is 19.0 Å². The molecular weight excluding hydrogens is 506 g/mol. The zero-order valence-electron chi connectivity index (χ0n) is 20.8. The minimum atomic E-state index is -4.84. The van der Waals surface area contributed by atoms with Crippen LogP contribution in [0.15, 0.2) is 55.0 Å². The van der Waals surface area contributed by atoms with Gasteiger partial charge in [-0.05, 0) is 38.2 Å². The van der Waals surface area contributed by atoms with Gasteiger partial charge < -0.3 is 9.80 Å². The maximum absolute atomic E-state index is 15.0. The Labute approximate surface area is 217 Å². The normalized spacial score (nSPS) is 16.5. The lowest BCUT2D eigenvalue weighted by molar-refractivity contribution is -0.141. The van der Waals surface area contributed by atoms with Gasteiger partial charge in [0.25, 0.3) is 0 Å². The maximum atomic E-state index is 15.0. The SMILES string of the molecule is C=C/C(=C(\C(=C)F)c1cn(CC)nc1C(F)(F)F)[C@@H]1CN(C(=O)/C=C/CN(C)C)Cc2sc(C#N)cc21. The first-order chi connectivity index (χ1) is 17.4. The van der Waals surface area contributed by atoms with E-state index in [2.05, 4.69) is 24.3 Å². The monoisotopic (exact) mass is 533 g/mol. The van der Waals surface area contributed by atoms with Crippen LogP contribution >= 0.6 is 11.3 Å². The van der Waals surface area contributed by atoms with Crippen molar-refractivity contribution >= 4 is 22.8 Å². The molecule has 0 saturated heterocycles. The number of hydrogen-bond acceptors (Lipinski definition) is 5. The Morgan fingerprint density at radius 2 is 2.11 bits per heavy atom. The number of allylic oxidation sites excluding steroid dienone is 3. The Hall–Kier alpha value is -3.49. The van der Waals surface area contributed by atoms with Gasteiger partial charge in [0.1, 0.15) is 16.8 Å². The molecule has 0 radical (unpaired) electrons. The summed E-state index contributed by atoms with van der Waals surface area (Å²) < 4.78 is 57.8. The van der Waals surface area contributed by atoms with Crippen LogP contribution in [0.25, 0.3) is 5.57 Å². The number of nitrogens with zero attached hydrogens (tertiary/aromatic N) is 5. The van der Waals surface area contributed by atoms with Crippen LogP contribution in [-0.2, 0) is 24.1 Å². The molecule has 11 heteroatoms. The molecule has 1 aliphatic heterocycles. The van der Waals surface area contributed by atoms with E-state index in [9.17, 15) is 23.2 Å². The highest BCUT2D eigenvalue weighted by molar-refractivity contribution is 7.12. The van der Waals surface area contributed by atoms with E-state index in [-0.39, 0.29) is 36.7 Å². The number of amides is 1. The van der Waals surface area contributed by atoms with Crippen molar-refractivity contribution in [1.82, 2.24) is 19.6 Å². The third-order valence-corrected chi connectivity index (χ3v) is 6.93. The summed E-state index contributed by atoms with van der Waals surface area (Å²) in [6.45, 7) is 9.66. The van der Waals surface area contributed by atoms with Gasteiger partial charge in [0.15, 0.2) is 5.69 Å². The van der Waals surface area contributed by atoms with Gasteiger partial charge in [0.05, 0.1) is 6.54 Å². The summed E-state index contributed by atoms with van der Waals surface area (Å²) in [6, 6.07) is 3.71. The molecule has 3 heterocycles. The highest BCUT2D eigenvalue weighted by Gasteiger charge is 2.40. The summed E-state index contributed by atoms with van der Waals surface area (Å²) in [5.41, 5.74) is -1.29. The Morgan fingerprint density at radius 1 is 1.41 bits per heavy atom. The highest BCUT2D eigenvalue weighted by atomic mass is 32.1. The lowest BCUT2D eigenvalue weighted by atomic mass is 9.83. The molecule has 1 amide bonds. The number of nitriles is 1. The summed E-state index contributed by atoms with van der Waals surface area (Å²) in [6.07, 6.45) is 0.723. The van der Waals surface area contributed by atoms with E-state index >= 15 is 4.39 Å². The molecule has 1 aliphatic rings. The average Bonchev–Trinajstić information content (AvgIpc) is 3.45. The lowest BCUT2D eigenvalue weighted by Crippen LogP contribution is -2.37. The number of fused-ring (bicyclic) bond motifs is 1. The quantitative estimate of drug-likeness (QED) is 0.255. The second-order valence-electron chi connectivity index (χ2n) is 8.72. The van der Waals surface area contributed by atoms with Crippen LogP contribution < -0.4 is 0 Å². The number of carbonyl (C=O) groups is 1. The van der Waals surface area contributed by atoms with Gasteiger partial charge in [-0.15, -0.1) is 11.3 Å². The molecule has 1 atom stereocenters. The zero-order chi connectivity index (χ0) is 27.5. The number of alkyl halides is 3. The van der Waals surface area contributed by atoms with E-state index < -0.39 is 29.2 Å². The van der Waals surface area contributed by atoms with Gasteiger partial charge in [-0.25, -0.2) is 4.39 Å². The zero-order valence-corrected chi connectivity index (χ0v) is 21.6. The van der Waals surface area contributed by atoms with Crippen LogP contribution in [0, 0.1) is 11.3 Å². The minimum Gasteiger partial charge on any atom is -0.333 e. The lowest BCUT2D eigenvalue weighted by Gasteiger charge is -2.34. The van der Waals surface area contributed by atoms with Crippen LogP contribution in [0.5, 0.6) is 0 Å². The molecule has 3 rings (SSSR count). The van der Waals surface area contributed by atoms with Crippen molar-refractivity contribution in [3.8, 4) is 6.07 Å². The van der Waals surface area contributed by atoms with Crippen molar-refractivity contribution in [3.63, 3.8) is 0 Å². The van der Waals surface area contributed by atoms with Crippen molar-refractivity contribution in [2.24, 2.45) is 0 Å². The van der Waals surface area contributed by atoms with E-state index in [0.717, 1.165) is 10.9 Å². The third kappa shape index (κ3) is 6.09. The molecular formula is C26H27F4N5OS. The number of rotatable bonds is 8. The largest absolute Gasteiger partial charge is 0.435 e. The van der Waals surface area contributed by atoms with Crippen LogP contribution in [0.3, 0.4) is 0 Å². The van der Waals surface area contributed by atoms with Crippen LogP contribution in [0.2, 0.25) is 0 Å². The number of aromatic nitrogens is 2. The van der Waals surface area contributed by atoms with Crippen molar-refractivity contribution in [2.75, 3.05) is 27.2 Å². The predicted octanol–water partition coefficient (Wildman–Crippen LogP) is 5.52. The first kappa shape index (κ1) is 28.1. The van der Waals surface area contributed by atoms with Crippen LogP contribution in [-0.4, -0.2) is 52.7 Å². The summed E-state index contributed by atoms with van der Waals surface area (Å²) >= 11 is 1.19. The van der Waals surface area contributed by atoms with Crippen LogP contribution in [0.1, 0.15) is 39.4 Å². The second kappa shape index (κ2) is 11.3. The average molecular weight is 534 g/mol. The fourth-order valence-electron chi connectivity index (χ4n) is 4.23. The highest BCUT2D eigenvalue weighted by Crippen LogP contribution is 2.45. The Kier molecular flexibility index (Phi) is 8.56. The molecule has 2 aromatic rings. The molecule has 0 N–H and O–H groups in total. The van der Waals surface area contributed by atoms with Gasteiger partial charge in [0, 0.05) is 53.8 Å². The van der Waals surface area contributed by atoms with E-state index in [4.69, 9.17) is 0 Å². The Morgan fingerprint density at radius 3 is 2.65 bits per heavy atom. The first-order valence-corrected chi connectivity index (χ1v) is 12.2. The van der Waals surface area contributed by atoms with Gasteiger partial charge in [-0.3, -0.25) is 9.48 Å². The van der Waals surface area contributed by atoms with Gasteiger partial charge in [-0.1, -0.05) is 25.3 Å². The Bertz CT molecular complexity index is 1310. The number of hydrogen-bond donors (Lipinski definition) is 0. The summed E-state index contributed by atoms with van der Waals surface area (Å²) in [5.74, 6) is -2.12. The van der Waals surface area contributed by atoms with Crippen molar-refractivity contribution in [1.29, 1.82) is 5.26 Å². The van der Waals surface area contributed by atoms with Gasteiger partial charge >= 0.3 is 6.18 Å². The number of thiophene rings is 1. The topological polar surface area (TPSA) is 65.2 Å². The second-order valence-corrected chi connectivity index (χ2v) is 9.86. The molecule has 0 saturated carbocycles. The van der Waals surface area contributed by atoms with Crippen molar-refractivity contribution in [3.05, 3.63) is 81.6 Å². The molecule has 196 valence electrons. The summed E-state index contributed by atoms with van der Waals surface area (Å²) in [7, 11) is 3.71. The molecule has 0 aromatic carbocycles. The molecule has 0 fully saturated rings. The molecule has 0 aliphatic carbocycles. The van der Waals surface area contributed by atoms with Crippen molar-refractivity contribution < 1.29 is 22.4 Å². The predicted molar refractivity (Wildman–Crippen MR) is 135 cm³/mol. The van der Waals surface area contributed by atoms with E-state index in [1.165, 1.54) is 28.4 Å². The molecule has 37 heavy (non-hydrogen) atoms. The standard InChI is InChI=1S/C26H27F4N5OS/c1-6-18(24(16(3)27)21-14-35(7-2)32-25(21)26(28,29)30)20-13-34(23(36)9-8-10-33(4)5)15-22-19(20)11-17(12-31)37-22/h6,8-9,11,14,20H,1,3,7,10,13,15H2,2,4-5H3/b9-8+,24-18-/t20-/m0/s1. The van der Waals surface area contributed by atoms with Crippen molar-refractivity contribution in [2.45, 2.75) is 32.1 Å². The fourth-order valence-corrected chi connectivity index (χ4v) is 5.27. The maximum Gasteiger partial charge on any atom is 0.435 e. The summed E-state index contributed by atoms with van der Waals surface area (Å²) in [4.78, 5) is 17.5. The van der Waals surface area contributed by atoms with Gasteiger partial charge in [-0.2, -0.15) is 23.5 Å². The number of likely N-dealkylation sites (N-methyl/N-ethyl adjacent to an activating group) is 1. The smallest absolute Gasteiger partial charge is 0.333 e. The third-order valence-electron chi connectivity index (χ3n) is 5.89. The summed E-state index contributed by atoms with van der Waals surface area (Å²) in [5, 5.41) is 13.1. The van der Waals surface area contributed by atoms with E-state index in [1.54, 1.807) is 19.1 Å². The molecule has 0 bridgehead atoms. The van der Waals surface area contributed by atoms with Gasteiger partial charge in [0.2, 0.25) is 5.91 Å². The fraction of sp³-hybridized carbons (Fsp3) is 0.346.